The average Bonchev–Trinajstić information content (AvgIpc) is 2.90. The van der Waals surface area contributed by atoms with Gasteiger partial charge in [-0.3, -0.25) is 4.68 Å². The second-order valence-corrected chi connectivity index (χ2v) is 7.20. The van der Waals surface area contributed by atoms with E-state index in [1.54, 1.807) is 7.11 Å². The first kappa shape index (κ1) is 16.7. The van der Waals surface area contributed by atoms with E-state index < -0.39 is 0 Å². The van der Waals surface area contributed by atoms with Crippen LogP contribution in [-0.4, -0.2) is 23.5 Å². The van der Waals surface area contributed by atoms with Crippen LogP contribution in [0.5, 0.6) is 0 Å². The summed E-state index contributed by atoms with van der Waals surface area (Å²) in [6.07, 6.45) is 7.63. The molecule has 0 bridgehead atoms. The summed E-state index contributed by atoms with van der Waals surface area (Å²) in [6, 6.07) is 10.6. The first-order valence-electron chi connectivity index (χ1n) is 8.59. The molecule has 0 N–H and O–H groups in total. The molecule has 0 amide bonds. The fraction of sp³-hybridized carbons (Fsp3) is 0.526. The van der Waals surface area contributed by atoms with Gasteiger partial charge in [0.1, 0.15) is 0 Å². The molecule has 124 valence electrons. The molecule has 0 aliphatic heterocycles. The van der Waals surface area contributed by atoms with E-state index in [0.29, 0.717) is 6.61 Å². The molecule has 23 heavy (non-hydrogen) atoms. The zero-order valence-corrected chi connectivity index (χ0v) is 15.4. The Morgan fingerprint density at radius 2 is 1.91 bits per heavy atom. The van der Waals surface area contributed by atoms with Crippen LogP contribution in [0.2, 0.25) is 0 Å². The Bertz CT molecular complexity index is 618. The minimum Gasteiger partial charge on any atom is -0.384 e. The Hall–Kier alpha value is -1.13. The van der Waals surface area contributed by atoms with Gasteiger partial charge >= 0.3 is 0 Å². The van der Waals surface area contributed by atoms with Crippen LogP contribution in [0, 0.1) is 5.92 Å². The fourth-order valence-electron chi connectivity index (χ4n) is 3.47. The summed E-state index contributed by atoms with van der Waals surface area (Å²) < 4.78 is 8.58. The van der Waals surface area contributed by atoms with Gasteiger partial charge in [0.2, 0.25) is 0 Å². The number of nitrogens with zero attached hydrogens (tertiary/aromatic N) is 2. The predicted molar refractivity (Wildman–Crippen MR) is 97.5 cm³/mol. The number of ether oxygens (including phenoxy) is 1. The van der Waals surface area contributed by atoms with E-state index >= 15 is 0 Å². The van der Waals surface area contributed by atoms with Crippen LogP contribution in [0.1, 0.15) is 37.8 Å². The Kier molecular flexibility index (Phi) is 5.90. The van der Waals surface area contributed by atoms with Crippen molar-refractivity contribution in [2.75, 3.05) is 13.7 Å². The van der Waals surface area contributed by atoms with Crippen molar-refractivity contribution in [3.8, 4) is 11.3 Å². The zero-order valence-electron chi connectivity index (χ0n) is 13.8. The van der Waals surface area contributed by atoms with E-state index in [1.807, 2.05) is 0 Å². The largest absolute Gasteiger partial charge is 0.384 e. The molecule has 1 fully saturated rings. The van der Waals surface area contributed by atoms with Crippen molar-refractivity contribution >= 4 is 15.9 Å². The van der Waals surface area contributed by atoms with E-state index in [2.05, 4.69) is 50.9 Å². The standard InChI is InChI=1S/C19H25BrN2O/c1-23-13-12-17-18(20)19(16-10-6-3-7-11-16)22(21-17)14-15-8-4-2-5-9-15/h3,6-7,10-11,15H,2,4-5,8-9,12-14H2,1H3. The lowest BCUT2D eigenvalue weighted by Gasteiger charge is -2.22. The fourth-order valence-corrected chi connectivity index (χ4v) is 4.18. The molecule has 0 spiro atoms. The molecule has 1 aliphatic carbocycles. The lowest BCUT2D eigenvalue weighted by Crippen LogP contribution is -2.16. The third-order valence-corrected chi connectivity index (χ3v) is 5.54. The number of methoxy groups -OCH3 is 1. The van der Waals surface area contributed by atoms with E-state index in [0.717, 1.165) is 29.1 Å². The number of rotatable bonds is 6. The van der Waals surface area contributed by atoms with Gasteiger partial charge in [0.15, 0.2) is 0 Å². The van der Waals surface area contributed by atoms with Gasteiger partial charge in [-0.05, 0) is 34.7 Å². The maximum atomic E-state index is 5.24. The molecule has 1 aliphatic rings. The van der Waals surface area contributed by atoms with E-state index in [9.17, 15) is 0 Å². The smallest absolute Gasteiger partial charge is 0.0827 e. The molecule has 0 saturated heterocycles. The number of aromatic nitrogens is 2. The lowest BCUT2D eigenvalue weighted by molar-refractivity contribution is 0.201. The number of hydrogen-bond acceptors (Lipinski definition) is 2. The molecule has 1 saturated carbocycles. The summed E-state index contributed by atoms with van der Waals surface area (Å²) >= 11 is 3.79. The summed E-state index contributed by atoms with van der Waals surface area (Å²) in [6.45, 7) is 1.73. The predicted octanol–water partition coefficient (Wildman–Crippen LogP) is 5.08. The highest BCUT2D eigenvalue weighted by Gasteiger charge is 2.21. The van der Waals surface area contributed by atoms with Crippen molar-refractivity contribution in [2.45, 2.75) is 45.1 Å². The summed E-state index contributed by atoms with van der Waals surface area (Å²) in [5.41, 5.74) is 3.54. The van der Waals surface area contributed by atoms with Gasteiger partial charge in [-0.2, -0.15) is 5.10 Å². The van der Waals surface area contributed by atoms with Gasteiger partial charge < -0.3 is 4.74 Å². The van der Waals surface area contributed by atoms with Gasteiger partial charge in [0.25, 0.3) is 0 Å². The molecule has 1 heterocycles. The average molecular weight is 377 g/mol. The van der Waals surface area contributed by atoms with Crippen molar-refractivity contribution in [1.82, 2.24) is 9.78 Å². The van der Waals surface area contributed by atoms with Crippen LogP contribution in [0.3, 0.4) is 0 Å². The SMILES string of the molecule is COCCc1nn(CC2CCCCC2)c(-c2ccccc2)c1Br. The van der Waals surface area contributed by atoms with Gasteiger partial charge in [-0.15, -0.1) is 0 Å². The molecule has 1 aromatic heterocycles. The topological polar surface area (TPSA) is 27.1 Å². The van der Waals surface area contributed by atoms with Gasteiger partial charge in [-0.25, -0.2) is 0 Å². The second-order valence-electron chi connectivity index (χ2n) is 6.40. The van der Waals surface area contributed by atoms with Crippen LogP contribution in [0.15, 0.2) is 34.8 Å². The maximum Gasteiger partial charge on any atom is 0.0827 e. The highest BCUT2D eigenvalue weighted by molar-refractivity contribution is 9.10. The normalized spacial score (nSPS) is 15.9. The maximum absolute atomic E-state index is 5.24. The summed E-state index contributed by atoms with van der Waals surface area (Å²) in [5, 5.41) is 4.91. The van der Waals surface area contributed by atoms with Crippen molar-refractivity contribution in [3.63, 3.8) is 0 Å². The Labute approximate surface area is 147 Å². The minimum absolute atomic E-state index is 0.702. The molecular weight excluding hydrogens is 352 g/mol. The van der Waals surface area contributed by atoms with E-state index in [1.165, 1.54) is 43.4 Å². The summed E-state index contributed by atoms with van der Waals surface area (Å²) in [7, 11) is 1.74. The Morgan fingerprint density at radius 1 is 1.17 bits per heavy atom. The van der Waals surface area contributed by atoms with E-state index in [-0.39, 0.29) is 0 Å². The molecule has 0 atom stereocenters. The van der Waals surface area contributed by atoms with Crippen molar-refractivity contribution < 1.29 is 4.74 Å². The first-order valence-corrected chi connectivity index (χ1v) is 9.38. The molecule has 1 aromatic carbocycles. The number of benzene rings is 1. The van der Waals surface area contributed by atoms with Gasteiger partial charge in [0, 0.05) is 25.6 Å². The lowest BCUT2D eigenvalue weighted by atomic mass is 9.89. The monoisotopic (exact) mass is 376 g/mol. The third-order valence-electron chi connectivity index (χ3n) is 4.71. The van der Waals surface area contributed by atoms with Crippen LogP contribution in [0.4, 0.5) is 0 Å². The van der Waals surface area contributed by atoms with Crippen LogP contribution in [0.25, 0.3) is 11.3 Å². The van der Waals surface area contributed by atoms with Crippen molar-refractivity contribution in [1.29, 1.82) is 0 Å². The van der Waals surface area contributed by atoms with E-state index in [4.69, 9.17) is 9.84 Å². The molecule has 3 rings (SSSR count). The van der Waals surface area contributed by atoms with Crippen LogP contribution >= 0.6 is 15.9 Å². The van der Waals surface area contributed by atoms with Crippen molar-refractivity contribution in [2.24, 2.45) is 5.92 Å². The Balaban J connectivity index is 1.91. The third kappa shape index (κ3) is 4.04. The van der Waals surface area contributed by atoms with Gasteiger partial charge in [-0.1, -0.05) is 49.6 Å². The highest BCUT2D eigenvalue weighted by Crippen LogP contribution is 2.34. The van der Waals surface area contributed by atoms with Crippen molar-refractivity contribution in [3.05, 3.63) is 40.5 Å². The molecule has 3 nitrogen and oxygen atoms in total. The molecular formula is C19H25BrN2O. The molecule has 2 aromatic rings. The highest BCUT2D eigenvalue weighted by atomic mass is 79.9. The number of hydrogen-bond donors (Lipinski definition) is 0. The van der Waals surface area contributed by atoms with Crippen LogP contribution in [-0.2, 0) is 17.7 Å². The second kappa shape index (κ2) is 8.11. The zero-order chi connectivity index (χ0) is 16.1. The molecule has 0 unspecified atom stereocenters. The Morgan fingerprint density at radius 3 is 2.61 bits per heavy atom. The van der Waals surface area contributed by atoms with Gasteiger partial charge in [0.05, 0.1) is 22.5 Å². The first-order chi connectivity index (χ1) is 11.3. The molecule has 0 radical (unpaired) electrons. The quantitative estimate of drug-likeness (QED) is 0.702. The number of halogens is 1. The minimum atomic E-state index is 0.702. The van der Waals surface area contributed by atoms with Crippen LogP contribution < -0.4 is 0 Å². The molecule has 4 heteroatoms. The summed E-state index contributed by atoms with van der Waals surface area (Å²) in [4.78, 5) is 0. The summed E-state index contributed by atoms with van der Waals surface area (Å²) in [5.74, 6) is 0.758.